The molecule has 8 nitrogen and oxygen atoms in total. The monoisotopic (exact) mass is 420 g/mol. The number of para-hydroxylation sites is 2. The summed E-state index contributed by atoms with van der Waals surface area (Å²) in [5.41, 5.74) is 0. The molecular weight excluding hydrogens is 388 g/mol. The van der Waals surface area contributed by atoms with Crippen molar-refractivity contribution in [1.82, 2.24) is 10.6 Å². The minimum absolute atomic E-state index is 0.177. The lowest BCUT2D eigenvalue weighted by molar-refractivity contribution is -0.361. The highest BCUT2D eigenvalue weighted by atomic mass is 17.2. The van der Waals surface area contributed by atoms with E-state index in [2.05, 4.69) is 10.6 Å². The van der Waals surface area contributed by atoms with Crippen LogP contribution in [0.2, 0.25) is 0 Å². The third-order valence-corrected chi connectivity index (χ3v) is 3.97. The molecule has 0 heterocycles. The van der Waals surface area contributed by atoms with Crippen LogP contribution in [0.1, 0.15) is 6.92 Å². The third kappa shape index (κ3) is 10.5. The fraction of sp³-hybridized carbons (Fsp3) is 0.455. The minimum Gasteiger partial charge on any atom is -0.491 e. The van der Waals surface area contributed by atoms with E-state index in [4.69, 9.17) is 24.0 Å². The number of methoxy groups -OCH3 is 1. The first kappa shape index (κ1) is 24.1. The molecule has 0 radical (unpaired) electrons. The van der Waals surface area contributed by atoms with Gasteiger partial charge >= 0.3 is 0 Å². The van der Waals surface area contributed by atoms with E-state index in [0.29, 0.717) is 25.4 Å². The highest BCUT2D eigenvalue weighted by Gasteiger charge is 2.14. The molecule has 0 spiro atoms. The zero-order chi connectivity index (χ0) is 21.4. The van der Waals surface area contributed by atoms with Crippen molar-refractivity contribution in [2.24, 2.45) is 0 Å². The number of benzene rings is 2. The van der Waals surface area contributed by atoms with Crippen LogP contribution in [0.15, 0.2) is 60.7 Å². The maximum absolute atomic E-state index is 10.1. The molecule has 8 heteroatoms. The molecule has 0 aliphatic carbocycles. The maximum Gasteiger partial charge on any atom is 0.178 e. The van der Waals surface area contributed by atoms with E-state index >= 15 is 0 Å². The van der Waals surface area contributed by atoms with Gasteiger partial charge in [0.2, 0.25) is 0 Å². The van der Waals surface area contributed by atoms with Gasteiger partial charge in [0.15, 0.2) is 6.23 Å². The second kappa shape index (κ2) is 14.7. The smallest absolute Gasteiger partial charge is 0.178 e. The van der Waals surface area contributed by atoms with E-state index in [1.807, 2.05) is 60.7 Å². The summed E-state index contributed by atoms with van der Waals surface area (Å²) in [6.45, 7) is 3.63. The van der Waals surface area contributed by atoms with Gasteiger partial charge in [0.25, 0.3) is 0 Å². The normalized spacial score (nSPS) is 14.1. The number of aliphatic hydroxyl groups is 1. The predicted molar refractivity (Wildman–Crippen MR) is 113 cm³/mol. The van der Waals surface area contributed by atoms with Crippen molar-refractivity contribution < 1.29 is 29.1 Å². The number of nitrogens with one attached hydrogen (secondary N) is 2. The number of aliphatic hydroxyl groups excluding tert-OH is 1. The second-order valence-corrected chi connectivity index (χ2v) is 6.58. The fourth-order valence-corrected chi connectivity index (χ4v) is 2.39. The summed E-state index contributed by atoms with van der Waals surface area (Å²) in [5.74, 6) is 1.46. The number of ether oxygens (including phenoxy) is 3. The Labute approximate surface area is 178 Å². The van der Waals surface area contributed by atoms with Gasteiger partial charge in [-0.15, -0.1) is 0 Å². The van der Waals surface area contributed by atoms with Gasteiger partial charge in [-0.1, -0.05) is 36.4 Å². The number of hydrogen-bond donors (Lipinski definition) is 3. The molecule has 166 valence electrons. The van der Waals surface area contributed by atoms with Crippen molar-refractivity contribution >= 4 is 0 Å². The maximum atomic E-state index is 10.1. The first-order chi connectivity index (χ1) is 14.7. The van der Waals surface area contributed by atoms with E-state index in [0.717, 1.165) is 5.75 Å². The zero-order valence-electron chi connectivity index (χ0n) is 17.5. The first-order valence-corrected chi connectivity index (χ1v) is 9.99. The fourth-order valence-electron chi connectivity index (χ4n) is 2.39. The molecule has 0 aromatic heterocycles. The van der Waals surface area contributed by atoms with Crippen LogP contribution in [-0.2, 0) is 14.5 Å². The average Bonchev–Trinajstić information content (AvgIpc) is 2.79. The van der Waals surface area contributed by atoms with Crippen molar-refractivity contribution in [3.8, 4) is 11.5 Å². The largest absolute Gasteiger partial charge is 0.491 e. The zero-order valence-corrected chi connectivity index (χ0v) is 17.5. The van der Waals surface area contributed by atoms with E-state index < -0.39 is 18.6 Å². The Balaban J connectivity index is 1.66. The standard InChI is InChI=1S/C22H32N2O6/c1-18(24-15-19(25)16-27-20-9-5-3-6-10-20)29-30-22(23-13-14-26-2)17-28-21-11-7-4-8-12-21/h3-12,18-19,22-25H,13-17H2,1-2H3/t18-,19-,22-/m0/s1. The molecule has 0 amide bonds. The van der Waals surface area contributed by atoms with E-state index in [9.17, 15) is 5.11 Å². The lowest BCUT2D eigenvalue weighted by atomic mass is 10.3. The Morgan fingerprint density at radius 2 is 1.43 bits per heavy atom. The lowest BCUT2D eigenvalue weighted by Crippen LogP contribution is -2.43. The summed E-state index contributed by atoms with van der Waals surface area (Å²) < 4.78 is 16.3. The molecule has 0 unspecified atom stereocenters. The van der Waals surface area contributed by atoms with Crippen molar-refractivity contribution in [3.63, 3.8) is 0 Å². The number of hydrogen-bond acceptors (Lipinski definition) is 8. The van der Waals surface area contributed by atoms with E-state index in [1.165, 1.54) is 0 Å². The number of rotatable bonds is 16. The molecule has 3 N–H and O–H groups in total. The van der Waals surface area contributed by atoms with Gasteiger partial charge in [0.05, 0.1) is 6.61 Å². The predicted octanol–water partition coefficient (Wildman–Crippen LogP) is 1.95. The minimum atomic E-state index is -0.687. The van der Waals surface area contributed by atoms with Crippen LogP contribution in [0.25, 0.3) is 0 Å². The van der Waals surface area contributed by atoms with E-state index in [-0.39, 0.29) is 13.2 Å². The van der Waals surface area contributed by atoms with Gasteiger partial charge in [-0.2, -0.15) is 0 Å². The molecule has 0 fully saturated rings. The van der Waals surface area contributed by atoms with Crippen molar-refractivity contribution in [2.75, 3.05) is 40.0 Å². The van der Waals surface area contributed by atoms with Crippen LogP contribution >= 0.6 is 0 Å². The Morgan fingerprint density at radius 1 is 0.833 bits per heavy atom. The Bertz CT molecular complexity index is 661. The van der Waals surface area contributed by atoms with Gasteiger partial charge in [-0.3, -0.25) is 10.6 Å². The highest BCUT2D eigenvalue weighted by Crippen LogP contribution is 2.10. The third-order valence-electron chi connectivity index (χ3n) is 3.97. The molecule has 0 saturated heterocycles. The van der Waals surface area contributed by atoms with Crippen molar-refractivity contribution in [1.29, 1.82) is 0 Å². The topological polar surface area (TPSA) is 90.4 Å². The average molecular weight is 421 g/mol. The van der Waals surface area contributed by atoms with Crippen LogP contribution in [0.4, 0.5) is 0 Å². The van der Waals surface area contributed by atoms with Crippen LogP contribution in [0.5, 0.6) is 11.5 Å². The molecule has 2 rings (SSSR count). The molecule has 0 bridgehead atoms. The van der Waals surface area contributed by atoms with Crippen LogP contribution in [0, 0.1) is 0 Å². The van der Waals surface area contributed by atoms with Crippen LogP contribution in [0.3, 0.4) is 0 Å². The summed E-state index contributed by atoms with van der Waals surface area (Å²) in [4.78, 5) is 10.9. The summed E-state index contributed by atoms with van der Waals surface area (Å²) in [7, 11) is 1.63. The summed E-state index contributed by atoms with van der Waals surface area (Å²) in [6.07, 6.45) is -1.62. The Hall–Kier alpha value is -2.20. The summed E-state index contributed by atoms with van der Waals surface area (Å²) in [5, 5.41) is 16.3. The van der Waals surface area contributed by atoms with Crippen molar-refractivity contribution in [2.45, 2.75) is 25.5 Å². The Kier molecular flexibility index (Phi) is 11.8. The van der Waals surface area contributed by atoms with E-state index in [1.54, 1.807) is 14.0 Å². The van der Waals surface area contributed by atoms with Gasteiger partial charge in [-0.05, 0) is 31.2 Å². The SMILES string of the molecule is COCCN[C@H](COc1ccccc1)OO[C@@H](C)NC[C@H](O)COc1ccccc1. The van der Waals surface area contributed by atoms with Gasteiger partial charge in [0, 0.05) is 20.2 Å². The van der Waals surface area contributed by atoms with Gasteiger partial charge < -0.3 is 19.3 Å². The first-order valence-electron chi connectivity index (χ1n) is 9.99. The molecule has 2 aromatic rings. The van der Waals surface area contributed by atoms with Gasteiger partial charge in [0.1, 0.15) is 37.0 Å². The molecule has 30 heavy (non-hydrogen) atoms. The summed E-state index contributed by atoms with van der Waals surface area (Å²) >= 11 is 0. The van der Waals surface area contributed by atoms with Crippen molar-refractivity contribution in [3.05, 3.63) is 60.7 Å². The molecule has 0 aliphatic rings. The quantitative estimate of drug-likeness (QED) is 0.164. The van der Waals surface area contributed by atoms with Gasteiger partial charge in [-0.25, -0.2) is 9.78 Å². The Morgan fingerprint density at radius 3 is 2.03 bits per heavy atom. The molecule has 2 aromatic carbocycles. The van der Waals surface area contributed by atoms with Crippen LogP contribution < -0.4 is 20.1 Å². The molecule has 0 saturated carbocycles. The molecule has 0 aliphatic heterocycles. The second-order valence-electron chi connectivity index (χ2n) is 6.58. The lowest BCUT2D eigenvalue weighted by Gasteiger charge is -2.22. The highest BCUT2D eigenvalue weighted by molar-refractivity contribution is 5.21. The molecule has 3 atom stereocenters. The molecular formula is C22H32N2O6. The summed E-state index contributed by atoms with van der Waals surface area (Å²) in [6, 6.07) is 18.8. The van der Waals surface area contributed by atoms with Crippen LogP contribution in [-0.4, -0.2) is 63.7 Å².